The van der Waals surface area contributed by atoms with E-state index in [4.69, 9.17) is 4.74 Å². The standard InChI is InChI=1S/C20H25N3O2S/c1-25-9-8-19-21-11-17(26-19)13-23-12-15-5-3-2-4-14(15)10-18(23)20(24)22-16-6-7-16/h2-5,11,16,18H,6-10,12-13H2,1H3,(H,22,24)/t18-/m0/s1. The molecular formula is C20H25N3O2S. The van der Waals surface area contributed by atoms with Gasteiger partial charge in [-0.2, -0.15) is 0 Å². The van der Waals surface area contributed by atoms with Crippen LogP contribution in [0.4, 0.5) is 0 Å². The van der Waals surface area contributed by atoms with Gasteiger partial charge in [0.25, 0.3) is 0 Å². The van der Waals surface area contributed by atoms with Gasteiger partial charge in [-0.15, -0.1) is 11.3 Å². The summed E-state index contributed by atoms with van der Waals surface area (Å²) >= 11 is 1.72. The predicted octanol–water partition coefficient (Wildman–Crippen LogP) is 2.54. The number of nitrogens with one attached hydrogen (secondary N) is 1. The van der Waals surface area contributed by atoms with Crippen LogP contribution >= 0.6 is 11.3 Å². The Balaban J connectivity index is 1.50. The average Bonchev–Trinajstić information content (AvgIpc) is 3.36. The number of benzene rings is 1. The lowest BCUT2D eigenvalue weighted by Crippen LogP contribution is -2.50. The molecule has 0 saturated heterocycles. The first kappa shape index (κ1) is 17.6. The van der Waals surface area contributed by atoms with Crippen LogP contribution < -0.4 is 5.32 Å². The summed E-state index contributed by atoms with van der Waals surface area (Å²) < 4.78 is 5.14. The second kappa shape index (κ2) is 7.86. The van der Waals surface area contributed by atoms with E-state index < -0.39 is 0 Å². The van der Waals surface area contributed by atoms with E-state index in [0.29, 0.717) is 12.6 Å². The van der Waals surface area contributed by atoms with Gasteiger partial charge >= 0.3 is 0 Å². The number of amides is 1. The summed E-state index contributed by atoms with van der Waals surface area (Å²) in [5.74, 6) is 0.172. The number of nitrogens with zero attached hydrogens (tertiary/aromatic N) is 2. The number of thiazole rings is 1. The number of aromatic nitrogens is 1. The van der Waals surface area contributed by atoms with E-state index in [1.807, 2.05) is 6.20 Å². The quantitative estimate of drug-likeness (QED) is 0.813. The Bertz CT molecular complexity index is 772. The van der Waals surface area contributed by atoms with Crippen LogP contribution in [0.1, 0.15) is 33.9 Å². The molecule has 1 aliphatic carbocycles. The van der Waals surface area contributed by atoms with Gasteiger partial charge in [0.1, 0.15) is 0 Å². The van der Waals surface area contributed by atoms with E-state index in [2.05, 4.69) is 39.5 Å². The van der Waals surface area contributed by atoms with Gasteiger partial charge in [0.15, 0.2) is 0 Å². The van der Waals surface area contributed by atoms with E-state index in [1.54, 1.807) is 18.4 Å². The second-order valence-corrected chi connectivity index (χ2v) is 8.34. The Morgan fingerprint density at radius 2 is 2.15 bits per heavy atom. The van der Waals surface area contributed by atoms with E-state index >= 15 is 0 Å². The van der Waals surface area contributed by atoms with E-state index in [0.717, 1.165) is 43.8 Å². The monoisotopic (exact) mass is 371 g/mol. The number of carbonyl (C=O) groups is 1. The molecule has 138 valence electrons. The first-order valence-electron chi connectivity index (χ1n) is 9.26. The van der Waals surface area contributed by atoms with Crippen LogP contribution in [0.3, 0.4) is 0 Å². The zero-order chi connectivity index (χ0) is 17.9. The lowest BCUT2D eigenvalue weighted by molar-refractivity contribution is -0.127. The van der Waals surface area contributed by atoms with Gasteiger partial charge < -0.3 is 10.1 Å². The topological polar surface area (TPSA) is 54.5 Å². The largest absolute Gasteiger partial charge is 0.384 e. The number of hydrogen-bond donors (Lipinski definition) is 1. The molecule has 1 N–H and O–H groups in total. The highest BCUT2D eigenvalue weighted by atomic mass is 32.1. The van der Waals surface area contributed by atoms with Crippen molar-refractivity contribution < 1.29 is 9.53 Å². The Kier molecular flexibility index (Phi) is 5.33. The number of rotatable bonds is 7. The molecule has 4 rings (SSSR count). The van der Waals surface area contributed by atoms with Gasteiger partial charge in [-0.05, 0) is 30.4 Å². The molecule has 1 aromatic heterocycles. The summed E-state index contributed by atoms with van der Waals surface area (Å²) in [6, 6.07) is 8.76. The van der Waals surface area contributed by atoms with Crippen molar-refractivity contribution in [2.24, 2.45) is 0 Å². The summed E-state index contributed by atoms with van der Waals surface area (Å²) in [4.78, 5) is 20.8. The van der Waals surface area contributed by atoms with Crippen molar-refractivity contribution in [1.29, 1.82) is 0 Å². The number of methoxy groups -OCH3 is 1. The van der Waals surface area contributed by atoms with Gasteiger partial charge in [-0.25, -0.2) is 4.98 Å². The highest BCUT2D eigenvalue weighted by Gasteiger charge is 2.34. The second-order valence-electron chi connectivity index (χ2n) is 7.14. The molecule has 2 heterocycles. The average molecular weight is 372 g/mol. The maximum Gasteiger partial charge on any atom is 0.237 e. The minimum absolute atomic E-state index is 0.102. The predicted molar refractivity (Wildman–Crippen MR) is 102 cm³/mol. The number of hydrogen-bond acceptors (Lipinski definition) is 5. The Morgan fingerprint density at radius 1 is 1.35 bits per heavy atom. The van der Waals surface area contributed by atoms with Gasteiger partial charge in [0.05, 0.1) is 17.7 Å². The molecule has 26 heavy (non-hydrogen) atoms. The molecule has 1 amide bonds. The first-order chi connectivity index (χ1) is 12.7. The van der Waals surface area contributed by atoms with Gasteiger partial charge in [0, 0.05) is 43.7 Å². The van der Waals surface area contributed by atoms with Crippen molar-refractivity contribution in [2.75, 3.05) is 13.7 Å². The van der Waals surface area contributed by atoms with Gasteiger partial charge in [-0.1, -0.05) is 24.3 Å². The summed E-state index contributed by atoms with van der Waals surface area (Å²) in [5, 5.41) is 4.29. The van der Waals surface area contributed by atoms with E-state index in [-0.39, 0.29) is 11.9 Å². The molecular weight excluding hydrogens is 346 g/mol. The first-order valence-corrected chi connectivity index (χ1v) is 10.1. The zero-order valence-corrected chi connectivity index (χ0v) is 15.9. The van der Waals surface area contributed by atoms with Crippen LogP contribution in [-0.4, -0.2) is 41.6 Å². The highest BCUT2D eigenvalue weighted by Crippen LogP contribution is 2.28. The maximum absolute atomic E-state index is 12.8. The van der Waals surface area contributed by atoms with Crippen LogP contribution in [-0.2, 0) is 35.5 Å². The third kappa shape index (κ3) is 4.14. The highest BCUT2D eigenvalue weighted by molar-refractivity contribution is 7.11. The molecule has 6 heteroatoms. The van der Waals surface area contributed by atoms with Gasteiger partial charge in [0.2, 0.25) is 5.91 Å². The molecule has 2 aliphatic rings. The number of carbonyl (C=O) groups excluding carboxylic acids is 1. The van der Waals surface area contributed by atoms with Crippen LogP contribution in [0.5, 0.6) is 0 Å². The lowest BCUT2D eigenvalue weighted by atomic mass is 9.93. The fraction of sp³-hybridized carbons (Fsp3) is 0.500. The van der Waals surface area contributed by atoms with Crippen molar-refractivity contribution in [3.8, 4) is 0 Å². The van der Waals surface area contributed by atoms with Crippen LogP contribution in [0.15, 0.2) is 30.5 Å². The number of fused-ring (bicyclic) bond motifs is 1. The van der Waals surface area contributed by atoms with Crippen molar-refractivity contribution in [3.05, 3.63) is 51.5 Å². The van der Waals surface area contributed by atoms with Crippen molar-refractivity contribution in [2.45, 2.75) is 50.9 Å². The van der Waals surface area contributed by atoms with Crippen LogP contribution in [0, 0.1) is 0 Å². The fourth-order valence-corrected chi connectivity index (χ4v) is 4.38. The molecule has 2 aromatic rings. The smallest absolute Gasteiger partial charge is 0.237 e. The summed E-state index contributed by atoms with van der Waals surface area (Å²) in [6.07, 6.45) is 5.81. The summed E-state index contributed by atoms with van der Waals surface area (Å²) in [5.41, 5.74) is 2.62. The number of ether oxygens (including phenoxy) is 1. The SMILES string of the molecule is COCCc1ncc(CN2Cc3ccccc3C[C@H]2C(=O)NC2CC2)s1. The Morgan fingerprint density at radius 3 is 2.92 bits per heavy atom. The summed E-state index contributed by atoms with van der Waals surface area (Å²) in [7, 11) is 1.71. The minimum atomic E-state index is -0.102. The van der Waals surface area contributed by atoms with Crippen LogP contribution in [0.25, 0.3) is 0 Å². The molecule has 1 aliphatic heterocycles. The van der Waals surface area contributed by atoms with Crippen molar-refractivity contribution in [3.63, 3.8) is 0 Å². The van der Waals surface area contributed by atoms with E-state index in [9.17, 15) is 4.79 Å². The normalized spacial score (nSPS) is 20.0. The molecule has 1 fully saturated rings. The van der Waals surface area contributed by atoms with Crippen molar-refractivity contribution in [1.82, 2.24) is 15.2 Å². The van der Waals surface area contributed by atoms with Crippen LogP contribution in [0.2, 0.25) is 0 Å². The Labute approximate surface area is 158 Å². The third-order valence-electron chi connectivity index (χ3n) is 5.05. The molecule has 5 nitrogen and oxygen atoms in total. The molecule has 0 spiro atoms. The Hall–Kier alpha value is -1.76. The third-order valence-corrected chi connectivity index (χ3v) is 6.09. The minimum Gasteiger partial charge on any atom is -0.384 e. The zero-order valence-electron chi connectivity index (χ0n) is 15.1. The summed E-state index contributed by atoms with van der Waals surface area (Å²) in [6.45, 7) is 2.27. The molecule has 0 bridgehead atoms. The molecule has 1 aromatic carbocycles. The molecule has 0 unspecified atom stereocenters. The van der Waals surface area contributed by atoms with Crippen molar-refractivity contribution >= 4 is 17.2 Å². The molecule has 1 saturated carbocycles. The fourth-order valence-electron chi connectivity index (χ4n) is 3.45. The lowest BCUT2D eigenvalue weighted by Gasteiger charge is -2.35. The molecule has 1 atom stereocenters. The molecule has 0 radical (unpaired) electrons. The van der Waals surface area contributed by atoms with Gasteiger partial charge in [-0.3, -0.25) is 9.69 Å². The van der Waals surface area contributed by atoms with E-state index in [1.165, 1.54) is 16.0 Å². The maximum atomic E-state index is 12.8.